The fourth-order valence-corrected chi connectivity index (χ4v) is 1.69. The van der Waals surface area contributed by atoms with E-state index in [1.807, 2.05) is 32.0 Å². The lowest BCUT2D eigenvalue weighted by molar-refractivity contribution is -0.121. The van der Waals surface area contributed by atoms with E-state index in [1.165, 1.54) is 0 Å². The smallest absolute Gasteiger partial charge is 0.220 e. The van der Waals surface area contributed by atoms with Crippen LogP contribution in [-0.2, 0) is 11.2 Å². The molecule has 0 aliphatic heterocycles. The number of carbonyl (C=O) groups excluding carboxylic acids is 1. The molecule has 0 fully saturated rings. The predicted octanol–water partition coefficient (Wildman–Crippen LogP) is 2.16. The Morgan fingerprint density at radius 3 is 2.44 bits per heavy atom. The van der Waals surface area contributed by atoms with E-state index in [-0.39, 0.29) is 11.9 Å². The summed E-state index contributed by atoms with van der Waals surface area (Å²) in [5.74, 6) is 1.46. The van der Waals surface area contributed by atoms with Gasteiger partial charge in [0.2, 0.25) is 5.91 Å². The molecule has 1 rings (SSSR count). The molecule has 100 valence electrons. The normalized spacial score (nSPS) is 10.3. The highest BCUT2D eigenvalue weighted by Crippen LogP contribution is 2.27. The molecular weight excluding hydrogens is 230 g/mol. The topological polar surface area (TPSA) is 47.6 Å². The second-order valence-corrected chi connectivity index (χ2v) is 4.41. The van der Waals surface area contributed by atoms with Crippen molar-refractivity contribution in [1.29, 1.82) is 0 Å². The summed E-state index contributed by atoms with van der Waals surface area (Å²) in [7, 11) is 3.21. The molecule has 0 bridgehead atoms. The van der Waals surface area contributed by atoms with Crippen molar-refractivity contribution >= 4 is 5.91 Å². The number of benzene rings is 1. The first-order valence-corrected chi connectivity index (χ1v) is 6.07. The minimum atomic E-state index is 0.0692. The molecule has 0 saturated carbocycles. The van der Waals surface area contributed by atoms with Crippen LogP contribution < -0.4 is 14.8 Å². The first-order chi connectivity index (χ1) is 8.56. The number of amides is 1. The average Bonchev–Trinajstić information content (AvgIpc) is 2.35. The van der Waals surface area contributed by atoms with Crippen LogP contribution in [0.2, 0.25) is 0 Å². The van der Waals surface area contributed by atoms with Gasteiger partial charge in [-0.15, -0.1) is 0 Å². The lowest BCUT2D eigenvalue weighted by Crippen LogP contribution is -2.30. The van der Waals surface area contributed by atoms with Gasteiger partial charge in [-0.25, -0.2) is 0 Å². The maximum atomic E-state index is 11.5. The van der Waals surface area contributed by atoms with E-state index in [1.54, 1.807) is 14.2 Å². The Morgan fingerprint density at radius 2 is 1.89 bits per heavy atom. The third-order valence-corrected chi connectivity index (χ3v) is 2.54. The summed E-state index contributed by atoms with van der Waals surface area (Å²) in [5, 5.41) is 2.87. The monoisotopic (exact) mass is 251 g/mol. The molecule has 0 unspecified atom stereocenters. The van der Waals surface area contributed by atoms with Crippen molar-refractivity contribution in [3.63, 3.8) is 0 Å². The standard InChI is InChI=1S/C14H21NO3/c1-10(2)15-14(16)8-6-11-5-7-12(17-3)13(9-11)18-4/h5,7,9-10H,6,8H2,1-4H3,(H,15,16). The van der Waals surface area contributed by atoms with Gasteiger partial charge in [0, 0.05) is 12.5 Å². The third kappa shape index (κ3) is 4.28. The molecule has 0 radical (unpaired) electrons. The summed E-state index contributed by atoms with van der Waals surface area (Å²) in [6, 6.07) is 5.89. The van der Waals surface area contributed by atoms with Crippen molar-refractivity contribution in [3.8, 4) is 11.5 Å². The number of hydrogen-bond acceptors (Lipinski definition) is 3. The van der Waals surface area contributed by atoms with Crippen LogP contribution in [0.25, 0.3) is 0 Å². The van der Waals surface area contributed by atoms with Crippen LogP contribution in [0.5, 0.6) is 11.5 Å². The average molecular weight is 251 g/mol. The van der Waals surface area contributed by atoms with E-state index < -0.39 is 0 Å². The zero-order chi connectivity index (χ0) is 13.5. The minimum Gasteiger partial charge on any atom is -0.493 e. The van der Waals surface area contributed by atoms with Gasteiger partial charge < -0.3 is 14.8 Å². The van der Waals surface area contributed by atoms with E-state index >= 15 is 0 Å². The van der Waals surface area contributed by atoms with Crippen molar-refractivity contribution in [2.45, 2.75) is 32.7 Å². The number of nitrogens with one attached hydrogen (secondary N) is 1. The number of hydrogen-bond donors (Lipinski definition) is 1. The molecule has 0 atom stereocenters. The van der Waals surface area contributed by atoms with Gasteiger partial charge >= 0.3 is 0 Å². The zero-order valence-electron chi connectivity index (χ0n) is 11.4. The van der Waals surface area contributed by atoms with Gasteiger partial charge in [0.25, 0.3) is 0 Å². The van der Waals surface area contributed by atoms with Crippen LogP contribution in [0, 0.1) is 0 Å². The van der Waals surface area contributed by atoms with Gasteiger partial charge in [-0.05, 0) is 38.0 Å². The number of rotatable bonds is 6. The number of aryl methyl sites for hydroxylation is 1. The number of ether oxygens (including phenoxy) is 2. The molecular formula is C14H21NO3. The molecule has 1 N–H and O–H groups in total. The van der Waals surface area contributed by atoms with Crippen LogP contribution in [-0.4, -0.2) is 26.2 Å². The molecule has 4 nitrogen and oxygen atoms in total. The molecule has 0 aliphatic rings. The van der Waals surface area contributed by atoms with Gasteiger partial charge in [-0.2, -0.15) is 0 Å². The van der Waals surface area contributed by atoms with Crippen molar-refractivity contribution < 1.29 is 14.3 Å². The Bertz CT molecular complexity index is 402. The summed E-state index contributed by atoms with van der Waals surface area (Å²) in [5.41, 5.74) is 1.06. The van der Waals surface area contributed by atoms with Crippen molar-refractivity contribution in [1.82, 2.24) is 5.32 Å². The minimum absolute atomic E-state index is 0.0692. The lowest BCUT2D eigenvalue weighted by atomic mass is 10.1. The predicted molar refractivity (Wildman–Crippen MR) is 71.1 cm³/mol. The molecule has 4 heteroatoms. The highest BCUT2D eigenvalue weighted by Gasteiger charge is 2.07. The van der Waals surface area contributed by atoms with E-state index in [2.05, 4.69) is 5.32 Å². The van der Waals surface area contributed by atoms with Crippen LogP contribution in [0.3, 0.4) is 0 Å². The Labute approximate surface area is 108 Å². The maximum Gasteiger partial charge on any atom is 0.220 e. The van der Waals surface area contributed by atoms with Gasteiger partial charge in [-0.3, -0.25) is 4.79 Å². The van der Waals surface area contributed by atoms with E-state index in [0.29, 0.717) is 24.3 Å². The maximum absolute atomic E-state index is 11.5. The van der Waals surface area contributed by atoms with Crippen molar-refractivity contribution in [2.24, 2.45) is 0 Å². The molecule has 0 aliphatic carbocycles. The first-order valence-electron chi connectivity index (χ1n) is 6.07. The fourth-order valence-electron chi connectivity index (χ4n) is 1.69. The number of methoxy groups -OCH3 is 2. The lowest BCUT2D eigenvalue weighted by Gasteiger charge is -2.10. The van der Waals surface area contributed by atoms with Crippen LogP contribution in [0.4, 0.5) is 0 Å². The molecule has 0 saturated heterocycles. The Kier molecular flexibility index (Phi) is 5.49. The van der Waals surface area contributed by atoms with E-state index in [4.69, 9.17) is 9.47 Å². The molecule has 1 aromatic rings. The second-order valence-electron chi connectivity index (χ2n) is 4.41. The first kappa shape index (κ1) is 14.4. The second kappa shape index (κ2) is 6.89. The van der Waals surface area contributed by atoms with E-state index in [0.717, 1.165) is 5.56 Å². The van der Waals surface area contributed by atoms with Gasteiger partial charge in [-0.1, -0.05) is 6.07 Å². The van der Waals surface area contributed by atoms with Gasteiger partial charge in [0.1, 0.15) is 0 Å². The summed E-state index contributed by atoms with van der Waals surface area (Å²) >= 11 is 0. The van der Waals surface area contributed by atoms with Crippen molar-refractivity contribution in [3.05, 3.63) is 23.8 Å². The SMILES string of the molecule is COc1ccc(CCC(=O)NC(C)C)cc1OC. The largest absolute Gasteiger partial charge is 0.493 e. The Balaban J connectivity index is 2.60. The zero-order valence-corrected chi connectivity index (χ0v) is 11.4. The molecule has 0 spiro atoms. The molecule has 0 heterocycles. The molecule has 18 heavy (non-hydrogen) atoms. The number of carbonyl (C=O) groups is 1. The third-order valence-electron chi connectivity index (χ3n) is 2.54. The summed E-state index contributed by atoms with van der Waals surface area (Å²) in [6.07, 6.45) is 1.17. The summed E-state index contributed by atoms with van der Waals surface area (Å²) in [4.78, 5) is 11.5. The fraction of sp³-hybridized carbons (Fsp3) is 0.500. The molecule has 1 amide bonds. The van der Waals surface area contributed by atoms with Gasteiger partial charge in [0.15, 0.2) is 11.5 Å². The van der Waals surface area contributed by atoms with Crippen LogP contribution >= 0.6 is 0 Å². The van der Waals surface area contributed by atoms with E-state index in [9.17, 15) is 4.79 Å². The quantitative estimate of drug-likeness (QED) is 0.842. The summed E-state index contributed by atoms with van der Waals surface area (Å²) in [6.45, 7) is 3.91. The van der Waals surface area contributed by atoms with Crippen LogP contribution in [0.1, 0.15) is 25.8 Å². The Morgan fingerprint density at radius 1 is 1.22 bits per heavy atom. The Hall–Kier alpha value is -1.71. The van der Waals surface area contributed by atoms with Crippen molar-refractivity contribution in [2.75, 3.05) is 14.2 Å². The van der Waals surface area contributed by atoms with Gasteiger partial charge in [0.05, 0.1) is 14.2 Å². The molecule has 0 aromatic heterocycles. The highest BCUT2D eigenvalue weighted by atomic mass is 16.5. The van der Waals surface area contributed by atoms with Crippen LogP contribution in [0.15, 0.2) is 18.2 Å². The highest BCUT2D eigenvalue weighted by molar-refractivity contribution is 5.76. The summed E-state index contributed by atoms with van der Waals surface area (Å²) < 4.78 is 10.4. The molecule has 1 aromatic carbocycles.